The summed E-state index contributed by atoms with van der Waals surface area (Å²) in [5.41, 5.74) is -1.50. The van der Waals surface area contributed by atoms with E-state index in [0.717, 1.165) is 0 Å². The van der Waals surface area contributed by atoms with Gasteiger partial charge in [0.15, 0.2) is 0 Å². The Balaban J connectivity index is 3.08. The Morgan fingerprint density at radius 1 is 1.36 bits per heavy atom. The van der Waals surface area contributed by atoms with E-state index in [1.165, 1.54) is 0 Å². The van der Waals surface area contributed by atoms with Gasteiger partial charge < -0.3 is 0 Å². The van der Waals surface area contributed by atoms with Crippen molar-refractivity contribution >= 4 is 15.9 Å². The topological polar surface area (TPSA) is 12.9 Å². The summed E-state index contributed by atoms with van der Waals surface area (Å²) in [5.74, 6) is 0. The van der Waals surface area contributed by atoms with Crippen LogP contribution in [0.4, 0.5) is 0 Å². The molecule has 0 radical (unpaired) electrons. The third kappa shape index (κ3) is 1.85. The second-order valence-corrected chi connectivity index (χ2v) is 3.14. The lowest BCUT2D eigenvalue weighted by Gasteiger charge is -2.04. The largest absolute Gasteiger partial charge is 0.249 e. The summed E-state index contributed by atoms with van der Waals surface area (Å²) in [5, 5.41) is 0. The van der Waals surface area contributed by atoms with Gasteiger partial charge in [-0.1, -0.05) is 30.2 Å². The maximum atomic E-state index is 7.95. The number of nitrogens with zero attached hydrogens (tertiary/aromatic N) is 1. The van der Waals surface area contributed by atoms with Crippen LogP contribution in [0.5, 0.6) is 0 Å². The van der Waals surface area contributed by atoms with Crippen molar-refractivity contribution in [3.8, 4) is 11.1 Å². The number of benzene rings is 1. The lowest BCUT2D eigenvalue weighted by molar-refractivity contribution is 1.24. The van der Waals surface area contributed by atoms with Crippen LogP contribution in [0.1, 0.15) is 19.3 Å². The van der Waals surface area contributed by atoms with Crippen molar-refractivity contribution in [1.82, 2.24) is 4.98 Å². The second kappa shape index (κ2) is 3.93. The van der Waals surface area contributed by atoms with Gasteiger partial charge in [0.2, 0.25) is 0 Å². The molecule has 1 heterocycles. The molecule has 0 aliphatic heterocycles. The SMILES string of the molecule is [2H]c1nc(Br)c([2H])c(C([2H])([2H])[2H])c1-c1c([2H])c([2H])c([2H])c([2H])c1[2H]. The Labute approximate surface area is 106 Å². The number of pyridine rings is 1. The molecule has 0 bridgehead atoms. The van der Waals surface area contributed by atoms with Gasteiger partial charge in [-0.15, -0.1) is 0 Å². The third-order valence-corrected chi connectivity index (χ3v) is 1.87. The van der Waals surface area contributed by atoms with E-state index in [0.29, 0.717) is 0 Å². The molecule has 0 atom stereocenters. The van der Waals surface area contributed by atoms with Gasteiger partial charge in [-0.25, -0.2) is 4.98 Å². The van der Waals surface area contributed by atoms with Gasteiger partial charge in [0.05, 0.1) is 9.60 Å². The summed E-state index contributed by atoms with van der Waals surface area (Å²) >= 11 is 2.91. The molecule has 0 unspecified atom stereocenters. The Morgan fingerprint density at radius 2 is 2.14 bits per heavy atom. The van der Waals surface area contributed by atoms with Crippen molar-refractivity contribution in [2.24, 2.45) is 0 Å². The van der Waals surface area contributed by atoms with E-state index in [9.17, 15) is 0 Å². The second-order valence-electron chi connectivity index (χ2n) is 2.39. The summed E-state index contributed by atoms with van der Waals surface area (Å²) in [6, 6.07) is -3.76. The fourth-order valence-electron chi connectivity index (χ4n) is 0.910. The molecule has 0 saturated heterocycles. The van der Waals surface area contributed by atoms with E-state index in [2.05, 4.69) is 20.9 Å². The normalized spacial score (nSPS) is 21.2. The predicted molar refractivity (Wildman–Crippen MR) is 62.1 cm³/mol. The molecule has 2 aromatic rings. The third-order valence-electron chi connectivity index (χ3n) is 1.49. The summed E-state index contributed by atoms with van der Waals surface area (Å²) < 4.78 is 77.4. The Kier molecular flexibility index (Phi) is 0.890. The van der Waals surface area contributed by atoms with Crippen LogP contribution in [-0.4, -0.2) is 4.98 Å². The van der Waals surface area contributed by atoms with Crippen LogP contribution in [0.25, 0.3) is 11.1 Å². The highest BCUT2D eigenvalue weighted by Gasteiger charge is 2.01. The van der Waals surface area contributed by atoms with Crippen molar-refractivity contribution in [2.45, 2.75) is 6.85 Å². The first-order valence-electron chi connectivity index (χ1n) is 8.64. The molecule has 1 aromatic heterocycles. The van der Waals surface area contributed by atoms with E-state index in [-0.39, 0.29) is 4.60 Å². The first-order valence-corrected chi connectivity index (χ1v) is 4.43. The first-order chi connectivity index (χ1) is 10.9. The molecule has 1 nitrogen and oxygen atoms in total. The van der Waals surface area contributed by atoms with Crippen LogP contribution >= 0.6 is 15.9 Å². The number of rotatable bonds is 1. The maximum Gasteiger partial charge on any atom is 0.106 e. The summed E-state index contributed by atoms with van der Waals surface area (Å²) in [6.07, 6.45) is -0.595. The van der Waals surface area contributed by atoms with Crippen LogP contribution < -0.4 is 0 Å². The molecule has 0 N–H and O–H groups in total. The zero-order valence-electron chi connectivity index (χ0n) is 16.8. The van der Waals surface area contributed by atoms with Gasteiger partial charge in [-0.2, -0.15) is 0 Å². The molecule has 2 heteroatoms. The van der Waals surface area contributed by atoms with Crippen LogP contribution in [0.2, 0.25) is 0 Å². The molecule has 0 aliphatic carbocycles. The van der Waals surface area contributed by atoms with E-state index in [1.54, 1.807) is 0 Å². The van der Waals surface area contributed by atoms with E-state index < -0.39 is 66.0 Å². The minimum absolute atomic E-state index is 0.172. The number of aromatic nitrogens is 1. The van der Waals surface area contributed by atoms with Gasteiger partial charge in [-0.05, 0) is 40.0 Å². The number of hydrogen-bond donors (Lipinski definition) is 0. The summed E-state index contributed by atoms with van der Waals surface area (Å²) in [6.45, 7) is -2.84. The Bertz CT molecular complexity index is 816. The predicted octanol–water partition coefficient (Wildman–Crippen LogP) is 3.82. The van der Waals surface area contributed by atoms with Crippen molar-refractivity contribution in [2.75, 3.05) is 0 Å². The smallest absolute Gasteiger partial charge is 0.106 e. The molecule has 0 spiro atoms. The highest BCUT2D eigenvalue weighted by molar-refractivity contribution is 9.10. The van der Waals surface area contributed by atoms with Gasteiger partial charge in [-0.3, -0.25) is 0 Å². The highest BCUT2D eigenvalue weighted by atomic mass is 79.9. The molecule has 2 rings (SSSR count). The fourth-order valence-corrected chi connectivity index (χ4v) is 1.20. The van der Waals surface area contributed by atoms with E-state index in [4.69, 9.17) is 13.7 Å². The minimum atomic E-state index is -2.84. The van der Waals surface area contributed by atoms with E-state index >= 15 is 0 Å². The molecule has 70 valence electrons. The molecular formula is C12H10BrN. The minimum Gasteiger partial charge on any atom is -0.249 e. The molecule has 1 aromatic carbocycles. The average molecular weight is 258 g/mol. The monoisotopic (exact) mass is 257 g/mol. The molecule has 0 saturated carbocycles. The van der Waals surface area contributed by atoms with Gasteiger partial charge in [0.1, 0.15) is 4.60 Å². The average Bonchev–Trinajstić information content (AvgIpc) is 2.47. The maximum absolute atomic E-state index is 7.95. The summed E-state index contributed by atoms with van der Waals surface area (Å²) in [4.78, 5) is 3.70. The van der Waals surface area contributed by atoms with Gasteiger partial charge >= 0.3 is 0 Å². The standard InChI is InChI=1S/C12H10BrN/c1-9-7-12(13)14-8-11(9)10-5-3-2-4-6-10/h2-8H,1H3/i1D3,2D,3D,4D,5D,6D,7D,8D. The lowest BCUT2D eigenvalue weighted by atomic mass is 10.0. The van der Waals surface area contributed by atoms with Crippen LogP contribution in [0, 0.1) is 6.85 Å². The van der Waals surface area contributed by atoms with Crippen molar-refractivity contribution in [3.05, 3.63) is 52.6 Å². The lowest BCUT2D eigenvalue weighted by Crippen LogP contribution is -1.85. The highest BCUT2D eigenvalue weighted by Crippen LogP contribution is 2.23. The fraction of sp³-hybridized carbons (Fsp3) is 0.0833. The van der Waals surface area contributed by atoms with Crippen molar-refractivity contribution in [3.63, 3.8) is 0 Å². The zero-order chi connectivity index (χ0) is 18.6. The molecule has 0 fully saturated rings. The van der Waals surface area contributed by atoms with Crippen LogP contribution in [-0.2, 0) is 0 Å². The van der Waals surface area contributed by atoms with E-state index in [1.807, 2.05) is 0 Å². The first kappa shape index (κ1) is 3.17. The van der Waals surface area contributed by atoms with Crippen LogP contribution in [0.3, 0.4) is 0 Å². The quantitative estimate of drug-likeness (QED) is 0.708. The van der Waals surface area contributed by atoms with Crippen molar-refractivity contribution in [1.29, 1.82) is 0 Å². The zero-order valence-corrected chi connectivity index (χ0v) is 8.41. The molecule has 0 aliphatic rings. The Hall–Kier alpha value is -1.15. The number of halogens is 1. The van der Waals surface area contributed by atoms with Gasteiger partial charge in [0, 0.05) is 15.8 Å². The van der Waals surface area contributed by atoms with Crippen LogP contribution in [0.15, 0.2) is 47.0 Å². The molecular weight excluding hydrogens is 238 g/mol. The van der Waals surface area contributed by atoms with Gasteiger partial charge in [0.25, 0.3) is 0 Å². The molecule has 14 heavy (non-hydrogen) atoms. The Morgan fingerprint density at radius 3 is 2.86 bits per heavy atom. The van der Waals surface area contributed by atoms with Crippen molar-refractivity contribution < 1.29 is 13.7 Å². The number of hydrogen-bond acceptors (Lipinski definition) is 1. The summed E-state index contributed by atoms with van der Waals surface area (Å²) in [7, 11) is 0. The molecule has 0 amide bonds.